The lowest BCUT2D eigenvalue weighted by atomic mass is 10.2. The molecule has 108 valence electrons. The van der Waals surface area contributed by atoms with Crippen molar-refractivity contribution in [2.24, 2.45) is 10.9 Å². The van der Waals surface area contributed by atoms with Crippen LogP contribution in [0, 0.1) is 17.0 Å². The van der Waals surface area contributed by atoms with Gasteiger partial charge in [-0.2, -0.15) is 4.98 Å². The summed E-state index contributed by atoms with van der Waals surface area (Å²) in [7, 11) is 0. The van der Waals surface area contributed by atoms with Crippen LogP contribution in [0.2, 0.25) is 0 Å². The third-order valence-corrected chi connectivity index (χ3v) is 2.66. The number of nitrogens with two attached hydrogens (primary N) is 1. The molecule has 0 aliphatic heterocycles. The van der Waals surface area contributed by atoms with E-state index in [1.807, 2.05) is 0 Å². The maximum atomic E-state index is 10.9. The lowest BCUT2D eigenvalue weighted by Gasteiger charge is -2.07. The molecule has 2 rings (SSSR count). The zero-order valence-electron chi connectivity index (χ0n) is 10.9. The molecule has 1 aromatic heterocycles. The molecule has 1 aromatic carbocycles. The van der Waals surface area contributed by atoms with Crippen molar-refractivity contribution in [3.05, 3.63) is 51.8 Å². The van der Waals surface area contributed by atoms with Crippen molar-refractivity contribution in [1.82, 2.24) is 9.97 Å². The quantitative estimate of drug-likeness (QED) is 0.286. The highest BCUT2D eigenvalue weighted by atomic mass is 16.6. The summed E-state index contributed by atoms with van der Waals surface area (Å²) >= 11 is 0. The zero-order chi connectivity index (χ0) is 15.4. The van der Waals surface area contributed by atoms with Gasteiger partial charge in [-0.3, -0.25) is 10.1 Å². The normalized spacial score (nSPS) is 11.2. The van der Waals surface area contributed by atoms with Crippen molar-refractivity contribution in [2.45, 2.75) is 6.92 Å². The summed E-state index contributed by atoms with van der Waals surface area (Å²) in [6, 6.07) is 5.79. The van der Waals surface area contributed by atoms with Crippen molar-refractivity contribution in [1.29, 1.82) is 0 Å². The van der Waals surface area contributed by atoms with E-state index < -0.39 is 4.92 Å². The summed E-state index contributed by atoms with van der Waals surface area (Å²) in [4.78, 5) is 18.2. The van der Waals surface area contributed by atoms with Crippen LogP contribution in [0.3, 0.4) is 0 Å². The van der Waals surface area contributed by atoms with Crippen LogP contribution in [-0.2, 0) is 0 Å². The fraction of sp³-hybridized carbons (Fsp3) is 0.0833. The highest BCUT2D eigenvalue weighted by Crippen LogP contribution is 2.29. The van der Waals surface area contributed by atoms with Crippen molar-refractivity contribution >= 4 is 11.5 Å². The summed E-state index contributed by atoms with van der Waals surface area (Å²) in [5.74, 6) is 0.0545. The van der Waals surface area contributed by atoms with E-state index in [-0.39, 0.29) is 29.0 Å². The van der Waals surface area contributed by atoms with Crippen LogP contribution in [-0.4, -0.2) is 25.9 Å². The van der Waals surface area contributed by atoms with Gasteiger partial charge in [-0.1, -0.05) is 11.2 Å². The SMILES string of the molecule is Cc1c(Oc2nccc(/C(N)=N/O)n2)cccc1[N+](=O)[O-]. The van der Waals surface area contributed by atoms with E-state index in [0.717, 1.165) is 0 Å². The molecule has 0 saturated heterocycles. The molecule has 0 aliphatic carbocycles. The molecular formula is C12H11N5O4. The van der Waals surface area contributed by atoms with Crippen LogP contribution in [0.1, 0.15) is 11.3 Å². The number of hydrogen-bond donors (Lipinski definition) is 2. The second-order valence-electron chi connectivity index (χ2n) is 3.97. The number of oxime groups is 1. The number of benzene rings is 1. The standard InChI is InChI=1S/C12H11N5O4/c1-7-9(17(19)20)3-2-4-10(7)21-12-14-6-5-8(15-12)11(13)16-18/h2-6,18H,1H3,(H2,13,16). The largest absolute Gasteiger partial charge is 0.424 e. The van der Waals surface area contributed by atoms with Crippen LogP contribution in [0.4, 0.5) is 5.69 Å². The number of nitro groups is 1. The van der Waals surface area contributed by atoms with Crippen molar-refractivity contribution in [3.8, 4) is 11.8 Å². The number of amidine groups is 1. The van der Waals surface area contributed by atoms with Crippen LogP contribution >= 0.6 is 0 Å². The second kappa shape index (κ2) is 5.82. The van der Waals surface area contributed by atoms with Gasteiger partial charge in [-0.15, -0.1) is 0 Å². The highest BCUT2D eigenvalue weighted by Gasteiger charge is 2.15. The van der Waals surface area contributed by atoms with E-state index in [1.165, 1.54) is 24.4 Å². The minimum absolute atomic E-state index is 0.0669. The zero-order valence-corrected chi connectivity index (χ0v) is 10.9. The average Bonchev–Trinajstić information content (AvgIpc) is 2.48. The molecule has 0 fully saturated rings. The lowest BCUT2D eigenvalue weighted by Crippen LogP contribution is -2.15. The van der Waals surface area contributed by atoms with Gasteiger partial charge in [0.05, 0.1) is 10.5 Å². The van der Waals surface area contributed by atoms with Gasteiger partial charge in [-0.25, -0.2) is 4.98 Å². The molecule has 0 unspecified atom stereocenters. The van der Waals surface area contributed by atoms with Crippen LogP contribution in [0.15, 0.2) is 35.6 Å². The number of ether oxygens (including phenoxy) is 1. The molecule has 0 amide bonds. The number of rotatable bonds is 4. The first-order chi connectivity index (χ1) is 10.0. The Morgan fingerprint density at radius 2 is 2.24 bits per heavy atom. The predicted octanol–water partition coefficient (Wildman–Crippen LogP) is 1.58. The minimum Gasteiger partial charge on any atom is -0.424 e. The van der Waals surface area contributed by atoms with E-state index in [0.29, 0.717) is 5.56 Å². The summed E-state index contributed by atoms with van der Waals surface area (Å²) in [5.41, 5.74) is 5.87. The molecule has 0 aliphatic rings. The Bertz CT molecular complexity index is 717. The van der Waals surface area contributed by atoms with E-state index in [9.17, 15) is 10.1 Å². The fourth-order valence-corrected chi connectivity index (χ4v) is 1.59. The first-order valence-electron chi connectivity index (χ1n) is 5.75. The summed E-state index contributed by atoms with van der Waals surface area (Å²) in [6.45, 7) is 1.56. The number of aromatic nitrogens is 2. The molecule has 0 saturated carbocycles. The Balaban J connectivity index is 2.35. The van der Waals surface area contributed by atoms with Crippen molar-refractivity contribution in [3.63, 3.8) is 0 Å². The average molecular weight is 289 g/mol. The third kappa shape index (κ3) is 3.03. The molecule has 1 heterocycles. The molecule has 0 radical (unpaired) electrons. The maximum absolute atomic E-state index is 10.9. The minimum atomic E-state index is -0.504. The Labute approximate surface area is 118 Å². The second-order valence-corrected chi connectivity index (χ2v) is 3.97. The number of nitrogens with zero attached hydrogens (tertiary/aromatic N) is 4. The Morgan fingerprint density at radius 1 is 1.48 bits per heavy atom. The Hall–Kier alpha value is -3.23. The third-order valence-electron chi connectivity index (χ3n) is 2.66. The number of nitro benzene ring substituents is 1. The van der Waals surface area contributed by atoms with Gasteiger partial charge in [0.15, 0.2) is 5.84 Å². The predicted molar refractivity (Wildman–Crippen MR) is 72.5 cm³/mol. The van der Waals surface area contributed by atoms with Gasteiger partial charge < -0.3 is 15.7 Å². The summed E-state index contributed by atoms with van der Waals surface area (Å²) in [6.07, 6.45) is 1.36. The molecule has 3 N–H and O–H groups in total. The monoisotopic (exact) mass is 289 g/mol. The van der Waals surface area contributed by atoms with Crippen molar-refractivity contribution in [2.75, 3.05) is 0 Å². The molecule has 9 nitrogen and oxygen atoms in total. The molecule has 0 bridgehead atoms. The van der Waals surface area contributed by atoms with Crippen LogP contribution in [0.5, 0.6) is 11.8 Å². The summed E-state index contributed by atoms with van der Waals surface area (Å²) < 4.78 is 5.42. The van der Waals surface area contributed by atoms with Gasteiger partial charge >= 0.3 is 6.01 Å². The molecular weight excluding hydrogens is 278 g/mol. The summed E-state index contributed by atoms with van der Waals surface area (Å²) in [5, 5.41) is 22.3. The lowest BCUT2D eigenvalue weighted by molar-refractivity contribution is -0.385. The van der Waals surface area contributed by atoms with E-state index in [4.69, 9.17) is 15.7 Å². The van der Waals surface area contributed by atoms with Gasteiger partial charge in [0.1, 0.15) is 11.4 Å². The topological polar surface area (TPSA) is 137 Å². The van der Waals surface area contributed by atoms with Crippen LogP contribution < -0.4 is 10.5 Å². The van der Waals surface area contributed by atoms with E-state index in [1.54, 1.807) is 13.0 Å². The highest BCUT2D eigenvalue weighted by molar-refractivity contribution is 5.95. The van der Waals surface area contributed by atoms with E-state index in [2.05, 4.69) is 15.1 Å². The number of hydrogen-bond acceptors (Lipinski definition) is 7. The van der Waals surface area contributed by atoms with E-state index >= 15 is 0 Å². The first kappa shape index (κ1) is 14.2. The Kier molecular flexibility index (Phi) is 3.93. The van der Waals surface area contributed by atoms with Gasteiger partial charge in [0.2, 0.25) is 0 Å². The smallest absolute Gasteiger partial charge is 0.322 e. The van der Waals surface area contributed by atoms with Gasteiger partial charge in [0.25, 0.3) is 5.69 Å². The Morgan fingerprint density at radius 3 is 2.90 bits per heavy atom. The molecule has 9 heteroatoms. The maximum Gasteiger partial charge on any atom is 0.322 e. The fourth-order valence-electron chi connectivity index (χ4n) is 1.59. The molecule has 0 atom stereocenters. The van der Waals surface area contributed by atoms with Gasteiger partial charge in [0, 0.05) is 12.3 Å². The molecule has 21 heavy (non-hydrogen) atoms. The molecule has 0 spiro atoms. The van der Waals surface area contributed by atoms with Gasteiger partial charge in [-0.05, 0) is 19.1 Å². The van der Waals surface area contributed by atoms with Crippen LogP contribution in [0.25, 0.3) is 0 Å². The van der Waals surface area contributed by atoms with Crippen molar-refractivity contribution < 1.29 is 14.9 Å². The first-order valence-corrected chi connectivity index (χ1v) is 5.75. The molecule has 2 aromatic rings.